The molecule has 0 saturated heterocycles. The van der Waals surface area contributed by atoms with Crippen LogP contribution in [-0.2, 0) is 20.6 Å². The van der Waals surface area contributed by atoms with E-state index in [1.807, 2.05) is 0 Å². The Kier molecular flexibility index (Phi) is 4.15. The van der Waals surface area contributed by atoms with Crippen LogP contribution in [0.5, 0.6) is 0 Å². The fourth-order valence-corrected chi connectivity index (χ4v) is 2.60. The molecule has 1 unspecified atom stereocenters. The lowest BCUT2D eigenvalue weighted by atomic mass is 9.84. The van der Waals surface area contributed by atoms with Crippen LogP contribution in [-0.4, -0.2) is 27.1 Å². The number of fused-ring (bicyclic) bond motifs is 1. The smallest absolute Gasteiger partial charge is 0.146 e. The summed E-state index contributed by atoms with van der Waals surface area (Å²) in [6.07, 6.45) is 2.15. The predicted molar refractivity (Wildman–Crippen MR) is 66.0 cm³/mol. The zero-order valence-electron chi connectivity index (χ0n) is 10.7. The molecule has 2 atom stereocenters. The molecule has 3 nitrogen and oxygen atoms in total. The summed E-state index contributed by atoms with van der Waals surface area (Å²) in [4.78, 5) is 0. The van der Waals surface area contributed by atoms with Crippen LogP contribution < -0.4 is 0 Å². The van der Waals surface area contributed by atoms with E-state index in [1.165, 1.54) is 16.7 Å². The van der Waals surface area contributed by atoms with Gasteiger partial charge < -0.3 is 14.2 Å². The zero-order chi connectivity index (χ0) is 12.3. The molecule has 0 bridgehead atoms. The molecule has 3 heteroatoms. The van der Waals surface area contributed by atoms with Crippen molar-refractivity contribution in [2.45, 2.75) is 32.0 Å². The number of methoxy groups -OCH3 is 2. The molecule has 0 amide bonds. The summed E-state index contributed by atoms with van der Waals surface area (Å²) < 4.78 is 16.3. The van der Waals surface area contributed by atoms with Gasteiger partial charge in [0.2, 0.25) is 0 Å². The zero-order valence-corrected chi connectivity index (χ0v) is 10.7. The van der Waals surface area contributed by atoms with E-state index in [-0.39, 0.29) is 12.2 Å². The molecular formula is C14H20O3. The Morgan fingerprint density at radius 3 is 2.82 bits per heavy atom. The lowest BCUT2D eigenvalue weighted by Crippen LogP contribution is -2.30. The van der Waals surface area contributed by atoms with E-state index in [0.29, 0.717) is 6.79 Å². The number of rotatable bonds is 4. The molecule has 0 radical (unpaired) electrons. The molecule has 1 aliphatic carbocycles. The van der Waals surface area contributed by atoms with E-state index in [4.69, 9.17) is 14.2 Å². The molecule has 1 aliphatic rings. The van der Waals surface area contributed by atoms with Gasteiger partial charge in [0.1, 0.15) is 12.9 Å². The van der Waals surface area contributed by atoms with Gasteiger partial charge in [0.25, 0.3) is 0 Å². The third-order valence-electron chi connectivity index (χ3n) is 3.39. The van der Waals surface area contributed by atoms with Crippen molar-refractivity contribution in [1.29, 1.82) is 0 Å². The van der Waals surface area contributed by atoms with Gasteiger partial charge in [-0.05, 0) is 36.5 Å². The van der Waals surface area contributed by atoms with Gasteiger partial charge in [-0.3, -0.25) is 0 Å². The van der Waals surface area contributed by atoms with Gasteiger partial charge in [-0.15, -0.1) is 0 Å². The summed E-state index contributed by atoms with van der Waals surface area (Å²) in [5.74, 6) is 0. The van der Waals surface area contributed by atoms with E-state index in [0.717, 1.165) is 12.8 Å². The van der Waals surface area contributed by atoms with E-state index < -0.39 is 0 Å². The van der Waals surface area contributed by atoms with E-state index >= 15 is 0 Å². The van der Waals surface area contributed by atoms with Crippen molar-refractivity contribution in [3.63, 3.8) is 0 Å². The van der Waals surface area contributed by atoms with Crippen LogP contribution in [0.25, 0.3) is 0 Å². The molecule has 0 fully saturated rings. The van der Waals surface area contributed by atoms with Crippen LogP contribution in [0.3, 0.4) is 0 Å². The highest BCUT2D eigenvalue weighted by Gasteiger charge is 2.31. The summed E-state index contributed by atoms with van der Waals surface area (Å²) in [6.45, 7) is 2.45. The highest BCUT2D eigenvalue weighted by molar-refractivity contribution is 5.39. The van der Waals surface area contributed by atoms with Gasteiger partial charge in [0.15, 0.2) is 0 Å². The molecule has 0 aromatic heterocycles. The highest BCUT2D eigenvalue weighted by Crippen LogP contribution is 2.36. The molecule has 0 N–H and O–H groups in total. The first kappa shape index (κ1) is 12.6. The fourth-order valence-electron chi connectivity index (χ4n) is 2.60. The van der Waals surface area contributed by atoms with Gasteiger partial charge >= 0.3 is 0 Å². The quantitative estimate of drug-likeness (QED) is 0.752. The summed E-state index contributed by atoms with van der Waals surface area (Å²) >= 11 is 0. The molecule has 94 valence electrons. The molecule has 17 heavy (non-hydrogen) atoms. The second-order valence-corrected chi connectivity index (χ2v) is 4.45. The Morgan fingerprint density at radius 2 is 2.12 bits per heavy atom. The van der Waals surface area contributed by atoms with Crippen LogP contribution >= 0.6 is 0 Å². The minimum Gasteiger partial charge on any atom is -0.374 e. The van der Waals surface area contributed by atoms with Crippen molar-refractivity contribution >= 4 is 0 Å². The summed E-state index contributed by atoms with van der Waals surface area (Å²) in [5.41, 5.74) is 3.96. The first-order chi connectivity index (χ1) is 8.27. The Morgan fingerprint density at radius 1 is 1.29 bits per heavy atom. The number of ether oxygens (including phenoxy) is 3. The number of aryl methyl sites for hydroxylation is 2. The SMILES string of the molecule is COCO[C@H]1CCc2cccc(C)c2C1OC. The maximum absolute atomic E-state index is 5.70. The minimum atomic E-state index is 0.0232. The predicted octanol–water partition coefficient (Wildman–Crippen LogP) is 2.62. The van der Waals surface area contributed by atoms with Crippen molar-refractivity contribution in [2.24, 2.45) is 0 Å². The average molecular weight is 236 g/mol. The van der Waals surface area contributed by atoms with Gasteiger partial charge in [-0.25, -0.2) is 0 Å². The summed E-state index contributed by atoms with van der Waals surface area (Å²) in [5, 5.41) is 0. The second kappa shape index (κ2) is 5.63. The summed E-state index contributed by atoms with van der Waals surface area (Å²) in [6, 6.07) is 6.42. The average Bonchev–Trinajstić information content (AvgIpc) is 2.36. The third-order valence-corrected chi connectivity index (χ3v) is 3.39. The molecule has 0 spiro atoms. The van der Waals surface area contributed by atoms with Gasteiger partial charge in [0.05, 0.1) is 6.10 Å². The summed E-state index contributed by atoms with van der Waals surface area (Å²) in [7, 11) is 3.39. The van der Waals surface area contributed by atoms with E-state index in [9.17, 15) is 0 Å². The highest BCUT2D eigenvalue weighted by atomic mass is 16.7. The van der Waals surface area contributed by atoms with Crippen molar-refractivity contribution in [2.75, 3.05) is 21.0 Å². The van der Waals surface area contributed by atoms with Crippen molar-refractivity contribution in [3.05, 3.63) is 34.9 Å². The molecule has 0 aliphatic heterocycles. The van der Waals surface area contributed by atoms with Crippen LogP contribution in [0.1, 0.15) is 29.2 Å². The number of hydrogen-bond acceptors (Lipinski definition) is 3. The fraction of sp³-hybridized carbons (Fsp3) is 0.571. The Hall–Kier alpha value is -0.900. The van der Waals surface area contributed by atoms with Crippen LogP contribution in [0, 0.1) is 6.92 Å². The molecule has 1 aromatic rings. The number of hydrogen-bond donors (Lipinski definition) is 0. The maximum atomic E-state index is 5.70. The first-order valence-electron chi connectivity index (χ1n) is 5.99. The number of benzene rings is 1. The second-order valence-electron chi connectivity index (χ2n) is 4.45. The normalized spacial score (nSPS) is 23.5. The molecular weight excluding hydrogens is 216 g/mol. The Balaban J connectivity index is 2.26. The monoisotopic (exact) mass is 236 g/mol. The van der Waals surface area contributed by atoms with Crippen molar-refractivity contribution < 1.29 is 14.2 Å². The van der Waals surface area contributed by atoms with Crippen LogP contribution in [0.2, 0.25) is 0 Å². The van der Waals surface area contributed by atoms with E-state index in [1.54, 1.807) is 14.2 Å². The molecule has 1 aromatic carbocycles. The standard InChI is InChI=1S/C14H20O3/c1-10-5-4-6-11-7-8-12(17-9-15-2)14(16-3)13(10)11/h4-6,12,14H,7-9H2,1-3H3/t12-,14?/m0/s1. The van der Waals surface area contributed by atoms with Gasteiger partial charge in [0, 0.05) is 14.2 Å². The Bertz CT molecular complexity index is 376. The minimum absolute atomic E-state index is 0.0232. The molecule has 0 heterocycles. The van der Waals surface area contributed by atoms with Gasteiger partial charge in [-0.2, -0.15) is 0 Å². The Labute approximate surface area is 103 Å². The maximum Gasteiger partial charge on any atom is 0.146 e. The van der Waals surface area contributed by atoms with Crippen LogP contribution in [0.4, 0.5) is 0 Å². The first-order valence-corrected chi connectivity index (χ1v) is 5.99. The van der Waals surface area contributed by atoms with Gasteiger partial charge in [-0.1, -0.05) is 18.2 Å². The van der Waals surface area contributed by atoms with Crippen molar-refractivity contribution in [3.8, 4) is 0 Å². The lowest BCUT2D eigenvalue weighted by molar-refractivity contribution is -0.127. The van der Waals surface area contributed by atoms with Crippen molar-refractivity contribution in [1.82, 2.24) is 0 Å². The van der Waals surface area contributed by atoms with Crippen LogP contribution in [0.15, 0.2) is 18.2 Å². The molecule has 2 rings (SSSR count). The van der Waals surface area contributed by atoms with E-state index in [2.05, 4.69) is 25.1 Å². The molecule has 0 saturated carbocycles. The largest absolute Gasteiger partial charge is 0.374 e. The lowest BCUT2D eigenvalue weighted by Gasteiger charge is -2.33. The topological polar surface area (TPSA) is 27.7 Å². The third kappa shape index (κ3) is 2.51.